The normalized spacial score (nSPS) is 16.9. The molecule has 0 fully saturated rings. The molecule has 6 nitrogen and oxygen atoms in total. The monoisotopic (exact) mass is 289 g/mol. The maximum Gasteiger partial charge on any atom is 0.269 e. The summed E-state index contributed by atoms with van der Waals surface area (Å²) >= 11 is 1.61. The lowest BCUT2D eigenvalue weighted by atomic mass is 9.94. The van der Waals surface area contributed by atoms with Crippen LogP contribution in [0.15, 0.2) is 5.03 Å². The van der Waals surface area contributed by atoms with Crippen LogP contribution < -0.4 is 5.32 Å². The predicted molar refractivity (Wildman–Crippen MR) is 75.9 cm³/mol. The van der Waals surface area contributed by atoms with Crippen LogP contribution in [0.4, 0.5) is 0 Å². The van der Waals surface area contributed by atoms with Crippen LogP contribution in [0.2, 0.25) is 0 Å². The molecule has 0 radical (unpaired) electrons. The lowest BCUT2D eigenvalue weighted by Crippen LogP contribution is -2.24. The molecule has 7 heteroatoms. The number of aromatic nitrogens is 4. The lowest BCUT2D eigenvalue weighted by Gasteiger charge is -2.12. The Morgan fingerprint density at radius 1 is 1.35 bits per heavy atom. The molecule has 1 aliphatic carbocycles. The van der Waals surface area contributed by atoms with Crippen LogP contribution >= 0.6 is 11.8 Å². The van der Waals surface area contributed by atoms with Crippen LogP contribution in [0, 0.1) is 0 Å². The number of rotatable bonds is 1. The van der Waals surface area contributed by atoms with Gasteiger partial charge in [0.25, 0.3) is 5.91 Å². The Morgan fingerprint density at radius 3 is 3.10 bits per heavy atom. The van der Waals surface area contributed by atoms with Crippen LogP contribution in [0.1, 0.15) is 28.2 Å². The number of hydrogen-bond acceptors (Lipinski definition) is 4. The Labute approximate surface area is 120 Å². The minimum atomic E-state index is 0.00824. The van der Waals surface area contributed by atoms with Gasteiger partial charge >= 0.3 is 0 Å². The zero-order chi connectivity index (χ0) is 13.7. The quantitative estimate of drug-likeness (QED) is 0.774. The SMILES string of the molecule is CSc1n[nH]c2c1-c1nn3c(c1CC2)C(=O)NCCC3. The number of carbonyl (C=O) groups excluding carboxylic acids is 1. The van der Waals surface area contributed by atoms with Crippen molar-refractivity contribution in [1.82, 2.24) is 25.3 Å². The number of thioether (sulfide) groups is 1. The van der Waals surface area contributed by atoms with Gasteiger partial charge in [-0.1, -0.05) is 0 Å². The van der Waals surface area contributed by atoms with Crippen molar-refractivity contribution in [2.75, 3.05) is 12.8 Å². The van der Waals surface area contributed by atoms with Gasteiger partial charge in [-0.05, 0) is 25.5 Å². The van der Waals surface area contributed by atoms with E-state index in [4.69, 9.17) is 5.10 Å². The second-order valence-corrected chi connectivity index (χ2v) is 5.89. The molecule has 104 valence electrons. The van der Waals surface area contributed by atoms with Gasteiger partial charge in [-0.2, -0.15) is 10.2 Å². The van der Waals surface area contributed by atoms with Gasteiger partial charge in [-0.25, -0.2) is 0 Å². The molecule has 20 heavy (non-hydrogen) atoms. The molecule has 0 atom stereocenters. The molecule has 0 spiro atoms. The number of nitrogens with one attached hydrogen (secondary N) is 2. The fourth-order valence-corrected chi connectivity index (χ4v) is 3.61. The Bertz CT molecular complexity index is 688. The molecule has 1 amide bonds. The first-order valence-electron chi connectivity index (χ1n) is 6.79. The Balaban J connectivity index is 1.95. The fourth-order valence-electron chi connectivity index (χ4n) is 3.05. The molecule has 2 aromatic rings. The minimum Gasteiger partial charge on any atom is -0.351 e. The summed E-state index contributed by atoms with van der Waals surface area (Å²) < 4.78 is 1.87. The van der Waals surface area contributed by atoms with Gasteiger partial charge in [0.15, 0.2) is 0 Å². The van der Waals surface area contributed by atoms with E-state index in [1.54, 1.807) is 11.8 Å². The maximum atomic E-state index is 12.2. The van der Waals surface area contributed by atoms with E-state index in [9.17, 15) is 4.79 Å². The topological polar surface area (TPSA) is 75.6 Å². The fraction of sp³-hybridized carbons (Fsp3) is 0.462. The van der Waals surface area contributed by atoms with E-state index in [0.717, 1.165) is 65.6 Å². The molecule has 0 unspecified atom stereocenters. The minimum absolute atomic E-state index is 0.00824. The highest BCUT2D eigenvalue weighted by atomic mass is 32.2. The summed E-state index contributed by atoms with van der Waals surface area (Å²) in [6.45, 7) is 1.52. The van der Waals surface area contributed by atoms with Crippen molar-refractivity contribution in [3.63, 3.8) is 0 Å². The molecule has 3 heterocycles. The lowest BCUT2D eigenvalue weighted by molar-refractivity contribution is 0.0949. The first kappa shape index (κ1) is 12.0. The zero-order valence-corrected chi connectivity index (χ0v) is 12.0. The van der Waals surface area contributed by atoms with Crippen LogP contribution in [0.25, 0.3) is 11.3 Å². The summed E-state index contributed by atoms with van der Waals surface area (Å²) in [6.07, 6.45) is 4.67. The Morgan fingerprint density at radius 2 is 2.25 bits per heavy atom. The molecule has 1 aliphatic heterocycles. The third-order valence-electron chi connectivity index (χ3n) is 3.96. The number of nitrogens with zero attached hydrogens (tertiary/aromatic N) is 3. The number of aromatic amines is 1. The van der Waals surface area contributed by atoms with Gasteiger partial charge in [0.05, 0.1) is 5.56 Å². The first-order chi connectivity index (χ1) is 9.79. The van der Waals surface area contributed by atoms with Gasteiger partial charge in [0, 0.05) is 24.3 Å². The summed E-state index contributed by atoms with van der Waals surface area (Å²) in [5.41, 5.74) is 4.99. The van der Waals surface area contributed by atoms with Crippen LogP contribution in [-0.4, -0.2) is 38.7 Å². The van der Waals surface area contributed by atoms with E-state index < -0.39 is 0 Å². The van der Waals surface area contributed by atoms with E-state index in [0.29, 0.717) is 0 Å². The predicted octanol–water partition coefficient (Wildman–Crippen LogP) is 1.23. The van der Waals surface area contributed by atoms with Crippen molar-refractivity contribution in [2.24, 2.45) is 0 Å². The van der Waals surface area contributed by atoms with Crippen molar-refractivity contribution in [3.8, 4) is 11.3 Å². The van der Waals surface area contributed by atoms with Gasteiger partial charge in [0.2, 0.25) is 0 Å². The summed E-state index contributed by atoms with van der Waals surface area (Å²) in [4.78, 5) is 12.2. The van der Waals surface area contributed by atoms with Crippen LogP contribution in [0.3, 0.4) is 0 Å². The highest BCUT2D eigenvalue weighted by Crippen LogP contribution is 2.39. The molecule has 2 aliphatic rings. The average molecular weight is 289 g/mol. The molecular formula is C13H15N5OS. The number of carbonyl (C=O) groups is 1. The van der Waals surface area contributed by atoms with E-state index in [-0.39, 0.29) is 5.91 Å². The molecule has 0 saturated carbocycles. The van der Waals surface area contributed by atoms with Crippen molar-refractivity contribution >= 4 is 17.7 Å². The maximum absolute atomic E-state index is 12.2. The first-order valence-corrected chi connectivity index (χ1v) is 8.01. The molecule has 0 bridgehead atoms. The van der Waals surface area contributed by atoms with E-state index in [1.165, 1.54) is 0 Å². The van der Waals surface area contributed by atoms with E-state index in [1.807, 2.05) is 10.9 Å². The molecule has 4 rings (SSSR count). The van der Waals surface area contributed by atoms with Crippen molar-refractivity contribution < 1.29 is 4.79 Å². The number of H-pyrrole nitrogens is 1. The third kappa shape index (κ3) is 1.56. The molecule has 0 aromatic carbocycles. The Hall–Kier alpha value is -1.76. The highest BCUT2D eigenvalue weighted by Gasteiger charge is 2.31. The average Bonchev–Trinajstić information content (AvgIpc) is 2.98. The molecular weight excluding hydrogens is 274 g/mol. The summed E-state index contributed by atoms with van der Waals surface area (Å²) in [6, 6.07) is 0. The van der Waals surface area contributed by atoms with Gasteiger partial charge in [0.1, 0.15) is 16.4 Å². The third-order valence-corrected chi connectivity index (χ3v) is 4.64. The number of aryl methyl sites for hydroxylation is 2. The number of hydrogen-bond donors (Lipinski definition) is 2. The molecule has 2 N–H and O–H groups in total. The number of amides is 1. The van der Waals surface area contributed by atoms with Crippen molar-refractivity contribution in [1.29, 1.82) is 0 Å². The standard InChI is InChI=1S/C13H15N5OS/c1-20-13-9-8(15-16-13)4-3-7-10(9)17-18-6-2-5-14-12(19)11(7)18/h2-6H2,1H3,(H,14,19)(H,15,16). The van der Waals surface area contributed by atoms with Crippen LogP contribution in [-0.2, 0) is 19.4 Å². The molecule has 2 aromatic heterocycles. The highest BCUT2D eigenvalue weighted by molar-refractivity contribution is 7.98. The Kier molecular flexibility index (Phi) is 2.63. The van der Waals surface area contributed by atoms with E-state index in [2.05, 4.69) is 15.5 Å². The second kappa shape index (κ2) is 4.37. The summed E-state index contributed by atoms with van der Waals surface area (Å²) in [5.74, 6) is 0.00824. The summed E-state index contributed by atoms with van der Waals surface area (Å²) in [7, 11) is 0. The van der Waals surface area contributed by atoms with E-state index >= 15 is 0 Å². The van der Waals surface area contributed by atoms with Gasteiger partial charge < -0.3 is 5.32 Å². The van der Waals surface area contributed by atoms with Gasteiger partial charge in [-0.15, -0.1) is 11.8 Å². The van der Waals surface area contributed by atoms with Gasteiger partial charge in [-0.3, -0.25) is 14.6 Å². The van der Waals surface area contributed by atoms with Crippen LogP contribution in [0.5, 0.6) is 0 Å². The summed E-state index contributed by atoms with van der Waals surface area (Å²) in [5, 5.41) is 16.1. The van der Waals surface area contributed by atoms with Crippen molar-refractivity contribution in [2.45, 2.75) is 30.8 Å². The van der Waals surface area contributed by atoms with Crippen molar-refractivity contribution in [3.05, 3.63) is 17.0 Å². The second-order valence-electron chi connectivity index (χ2n) is 5.09. The largest absolute Gasteiger partial charge is 0.351 e. The molecule has 0 saturated heterocycles. The zero-order valence-electron chi connectivity index (χ0n) is 11.2. The number of fused-ring (bicyclic) bond motifs is 5. The smallest absolute Gasteiger partial charge is 0.269 e.